The zero-order valence-electron chi connectivity index (χ0n) is 10.1. The molecular weight excluding hydrogens is 198 g/mol. The second kappa shape index (κ2) is 4.94. The average molecular weight is 215 g/mol. The first-order chi connectivity index (χ1) is 7.45. The minimum absolute atomic E-state index is 0.0107. The van der Waals surface area contributed by atoms with E-state index in [9.17, 15) is 4.79 Å². The fourth-order valence-corrected chi connectivity index (χ4v) is 1.50. The lowest BCUT2D eigenvalue weighted by molar-refractivity contribution is -0.124. The summed E-state index contributed by atoms with van der Waals surface area (Å²) in [6.45, 7) is 5.38. The van der Waals surface area contributed by atoms with Crippen molar-refractivity contribution in [3.05, 3.63) is 35.4 Å². The standard InChI is InChI=1S/C14H17NO/c1-11-5-4-6-12(9-11)7-8-13(16)14(2,3)10-15/h4-6,9H,7-8H2,1-3H3. The number of carbonyl (C=O) groups excluding carboxylic acids is 1. The molecule has 1 rings (SSSR count). The maximum Gasteiger partial charge on any atom is 0.152 e. The van der Waals surface area contributed by atoms with E-state index < -0.39 is 5.41 Å². The van der Waals surface area contributed by atoms with E-state index in [1.165, 1.54) is 5.56 Å². The molecule has 0 aromatic heterocycles. The molecule has 0 aliphatic heterocycles. The SMILES string of the molecule is Cc1cccc(CCC(=O)C(C)(C)C#N)c1. The van der Waals surface area contributed by atoms with Gasteiger partial charge in [0, 0.05) is 6.42 Å². The van der Waals surface area contributed by atoms with Gasteiger partial charge in [0.05, 0.1) is 6.07 Å². The molecule has 84 valence electrons. The van der Waals surface area contributed by atoms with Crippen molar-refractivity contribution < 1.29 is 4.79 Å². The van der Waals surface area contributed by atoms with Gasteiger partial charge in [-0.2, -0.15) is 5.26 Å². The van der Waals surface area contributed by atoms with Gasteiger partial charge >= 0.3 is 0 Å². The summed E-state index contributed by atoms with van der Waals surface area (Å²) in [5.41, 5.74) is 1.50. The van der Waals surface area contributed by atoms with Crippen LogP contribution in [-0.2, 0) is 11.2 Å². The minimum atomic E-state index is -0.857. The fourth-order valence-electron chi connectivity index (χ4n) is 1.50. The van der Waals surface area contributed by atoms with Gasteiger partial charge in [0.1, 0.15) is 5.41 Å². The molecule has 0 aliphatic rings. The number of nitriles is 1. The topological polar surface area (TPSA) is 40.9 Å². The number of benzene rings is 1. The quantitative estimate of drug-likeness (QED) is 0.774. The van der Waals surface area contributed by atoms with Gasteiger partial charge in [-0.05, 0) is 32.8 Å². The van der Waals surface area contributed by atoms with Gasteiger partial charge in [0.2, 0.25) is 0 Å². The smallest absolute Gasteiger partial charge is 0.152 e. The summed E-state index contributed by atoms with van der Waals surface area (Å²) in [4.78, 5) is 11.7. The molecule has 0 aliphatic carbocycles. The Morgan fingerprint density at radius 2 is 2.12 bits per heavy atom. The van der Waals surface area contributed by atoms with Crippen LogP contribution < -0.4 is 0 Å². The molecule has 0 unspecified atom stereocenters. The number of Topliss-reactive ketones (excluding diaryl/α,β-unsaturated/α-hetero) is 1. The summed E-state index contributed by atoms with van der Waals surface area (Å²) < 4.78 is 0. The number of ketones is 1. The van der Waals surface area contributed by atoms with Crippen LogP contribution in [0.25, 0.3) is 0 Å². The van der Waals surface area contributed by atoms with Crippen molar-refractivity contribution >= 4 is 5.78 Å². The van der Waals surface area contributed by atoms with Crippen molar-refractivity contribution in [1.82, 2.24) is 0 Å². The van der Waals surface area contributed by atoms with E-state index in [-0.39, 0.29) is 5.78 Å². The molecule has 0 heterocycles. The molecule has 0 amide bonds. The lowest BCUT2D eigenvalue weighted by atomic mass is 9.87. The van der Waals surface area contributed by atoms with Gasteiger partial charge < -0.3 is 0 Å². The maximum atomic E-state index is 11.7. The van der Waals surface area contributed by atoms with Gasteiger partial charge in [-0.1, -0.05) is 29.8 Å². The maximum absolute atomic E-state index is 11.7. The van der Waals surface area contributed by atoms with Crippen molar-refractivity contribution in [2.75, 3.05) is 0 Å². The number of hydrogen-bond acceptors (Lipinski definition) is 2. The molecule has 16 heavy (non-hydrogen) atoms. The zero-order chi connectivity index (χ0) is 12.2. The fraction of sp³-hybridized carbons (Fsp3) is 0.429. The predicted molar refractivity (Wildman–Crippen MR) is 63.9 cm³/mol. The second-order valence-corrected chi connectivity index (χ2v) is 4.65. The van der Waals surface area contributed by atoms with Crippen molar-refractivity contribution in [3.8, 4) is 6.07 Å². The van der Waals surface area contributed by atoms with Crippen molar-refractivity contribution in [2.24, 2.45) is 5.41 Å². The average Bonchev–Trinajstić information content (AvgIpc) is 2.26. The zero-order valence-corrected chi connectivity index (χ0v) is 10.1. The molecule has 0 N–H and O–H groups in total. The molecule has 0 radical (unpaired) electrons. The number of nitrogens with zero attached hydrogens (tertiary/aromatic N) is 1. The van der Waals surface area contributed by atoms with E-state index in [0.29, 0.717) is 12.8 Å². The van der Waals surface area contributed by atoms with Crippen LogP contribution in [0.1, 0.15) is 31.4 Å². The molecule has 0 atom stereocenters. The lowest BCUT2D eigenvalue weighted by Gasteiger charge is -2.13. The number of rotatable bonds is 4. The highest BCUT2D eigenvalue weighted by atomic mass is 16.1. The molecule has 0 saturated carbocycles. The summed E-state index contributed by atoms with van der Waals surface area (Å²) in [6, 6.07) is 10.2. The molecule has 0 fully saturated rings. The number of carbonyl (C=O) groups is 1. The Bertz CT molecular complexity index is 427. The van der Waals surface area contributed by atoms with Gasteiger partial charge in [-0.25, -0.2) is 0 Å². The van der Waals surface area contributed by atoms with E-state index >= 15 is 0 Å². The Morgan fingerprint density at radius 3 is 2.69 bits per heavy atom. The van der Waals surface area contributed by atoms with Crippen LogP contribution in [0.15, 0.2) is 24.3 Å². The van der Waals surface area contributed by atoms with Crippen LogP contribution in [0, 0.1) is 23.7 Å². The van der Waals surface area contributed by atoms with E-state index in [1.807, 2.05) is 31.2 Å². The predicted octanol–water partition coefficient (Wildman–Crippen LogP) is 3.05. The molecule has 2 heteroatoms. The van der Waals surface area contributed by atoms with E-state index in [2.05, 4.69) is 6.07 Å². The van der Waals surface area contributed by atoms with Crippen molar-refractivity contribution in [1.29, 1.82) is 5.26 Å². The molecule has 0 bridgehead atoms. The Hall–Kier alpha value is -1.62. The Kier molecular flexibility index (Phi) is 3.84. The van der Waals surface area contributed by atoms with Crippen LogP contribution in [0.2, 0.25) is 0 Å². The molecular formula is C14H17NO. The normalized spacial score (nSPS) is 10.9. The Labute approximate surface area is 96.9 Å². The van der Waals surface area contributed by atoms with E-state index in [1.54, 1.807) is 13.8 Å². The third-order valence-electron chi connectivity index (χ3n) is 2.70. The largest absolute Gasteiger partial charge is 0.298 e. The third kappa shape index (κ3) is 3.20. The summed E-state index contributed by atoms with van der Waals surface area (Å²) in [6.07, 6.45) is 1.15. The van der Waals surface area contributed by atoms with Crippen LogP contribution in [-0.4, -0.2) is 5.78 Å². The molecule has 1 aromatic carbocycles. The Morgan fingerprint density at radius 1 is 1.44 bits per heavy atom. The molecule has 2 nitrogen and oxygen atoms in total. The third-order valence-corrected chi connectivity index (χ3v) is 2.70. The van der Waals surface area contributed by atoms with Crippen LogP contribution >= 0.6 is 0 Å². The van der Waals surface area contributed by atoms with Crippen LogP contribution in [0.3, 0.4) is 0 Å². The second-order valence-electron chi connectivity index (χ2n) is 4.65. The summed E-state index contributed by atoms with van der Waals surface area (Å²) in [7, 11) is 0. The monoisotopic (exact) mass is 215 g/mol. The first kappa shape index (κ1) is 12.4. The van der Waals surface area contributed by atoms with Crippen molar-refractivity contribution in [2.45, 2.75) is 33.6 Å². The Balaban J connectivity index is 2.60. The summed E-state index contributed by atoms with van der Waals surface area (Å²) in [5, 5.41) is 8.83. The first-order valence-electron chi connectivity index (χ1n) is 5.46. The number of aryl methyl sites for hydroxylation is 2. The summed E-state index contributed by atoms with van der Waals surface area (Å²) in [5.74, 6) is 0.0107. The minimum Gasteiger partial charge on any atom is -0.298 e. The van der Waals surface area contributed by atoms with Gasteiger partial charge in [-0.3, -0.25) is 4.79 Å². The molecule has 0 saturated heterocycles. The van der Waals surface area contributed by atoms with E-state index in [0.717, 1.165) is 5.56 Å². The van der Waals surface area contributed by atoms with Crippen LogP contribution in [0.4, 0.5) is 0 Å². The summed E-state index contributed by atoms with van der Waals surface area (Å²) >= 11 is 0. The van der Waals surface area contributed by atoms with Crippen molar-refractivity contribution in [3.63, 3.8) is 0 Å². The van der Waals surface area contributed by atoms with Gasteiger partial charge in [0.15, 0.2) is 5.78 Å². The van der Waals surface area contributed by atoms with Gasteiger partial charge in [-0.15, -0.1) is 0 Å². The highest BCUT2D eigenvalue weighted by Gasteiger charge is 2.26. The highest BCUT2D eigenvalue weighted by molar-refractivity contribution is 5.86. The molecule has 1 aromatic rings. The highest BCUT2D eigenvalue weighted by Crippen LogP contribution is 2.18. The number of hydrogen-bond donors (Lipinski definition) is 0. The van der Waals surface area contributed by atoms with Crippen LogP contribution in [0.5, 0.6) is 0 Å². The molecule has 0 spiro atoms. The lowest BCUT2D eigenvalue weighted by Crippen LogP contribution is -2.22. The first-order valence-corrected chi connectivity index (χ1v) is 5.46. The van der Waals surface area contributed by atoms with E-state index in [4.69, 9.17) is 5.26 Å². The van der Waals surface area contributed by atoms with Gasteiger partial charge in [0.25, 0.3) is 0 Å².